The molecule has 0 bridgehead atoms. The minimum absolute atomic E-state index is 0.0496. The van der Waals surface area contributed by atoms with Crippen LogP contribution in [0, 0.1) is 11.7 Å². The molecule has 5 rings (SSSR count). The second kappa shape index (κ2) is 6.67. The van der Waals surface area contributed by atoms with Crippen LogP contribution in [-0.4, -0.2) is 42.9 Å². The number of imidazole rings is 1. The van der Waals surface area contributed by atoms with Gasteiger partial charge in [-0.2, -0.15) is 5.10 Å². The van der Waals surface area contributed by atoms with Crippen molar-refractivity contribution in [2.75, 3.05) is 11.6 Å². The molecule has 0 spiro atoms. The first-order chi connectivity index (χ1) is 14.0. The molecule has 148 valence electrons. The Bertz CT molecular complexity index is 1290. The highest BCUT2D eigenvalue weighted by Crippen LogP contribution is 2.41. The second-order valence-electron chi connectivity index (χ2n) is 6.71. The molecule has 1 saturated carbocycles. The summed E-state index contributed by atoms with van der Waals surface area (Å²) in [5, 5.41) is 10.0. The molecule has 11 heteroatoms. The maximum absolute atomic E-state index is 14.8. The molecule has 2 unspecified atom stereocenters. The predicted molar refractivity (Wildman–Crippen MR) is 106 cm³/mol. The number of carbonyl (C=O) groups excluding carboxylic acids is 1. The summed E-state index contributed by atoms with van der Waals surface area (Å²) in [5.41, 5.74) is 1.84. The Balaban J connectivity index is 1.58. The van der Waals surface area contributed by atoms with Crippen molar-refractivity contribution in [1.29, 1.82) is 0 Å². The molecule has 2 N–H and O–H groups in total. The van der Waals surface area contributed by atoms with Crippen molar-refractivity contribution in [3.63, 3.8) is 0 Å². The zero-order valence-corrected chi connectivity index (χ0v) is 16.5. The Hall–Kier alpha value is -2.72. The topological polar surface area (TPSA) is 88.0 Å². The van der Waals surface area contributed by atoms with E-state index in [9.17, 15) is 13.6 Å². The Morgan fingerprint density at radius 1 is 1.41 bits per heavy atom. The minimum Gasteiger partial charge on any atom is -0.309 e. The van der Waals surface area contributed by atoms with Crippen LogP contribution in [0.3, 0.4) is 0 Å². The van der Waals surface area contributed by atoms with Crippen molar-refractivity contribution in [2.24, 2.45) is 5.92 Å². The van der Waals surface area contributed by atoms with Gasteiger partial charge in [0.1, 0.15) is 6.17 Å². The number of fused-ring (bicyclic) bond motifs is 2. The molecule has 0 radical (unpaired) electrons. The van der Waals surface area contributed by atoms with Crippen molar-refractivity contribution in [1.82, 2.24) is 24.6 Å². The van der Waals surface area contributed by atoms with Crippen molar-refractivity contribution in [3.8, 4) is 11.3 Å². The van der Waals surface area contributed by atoms with Crippen LogP contribution in [0.15, 0.2) is 29.7 Å². The lowest BCUT2D eigenvalue weighted by atomic mass is 10.1. The molecule has 1 aliphatic rings. The molecular formula is C18H13ClF2N6OS. The lowest BCUT2D eigenvalue weighted by Crippen LogP contribution is -2.15. The number of aromatic nitrogens is 5. The molecule has 2 atom stereocenters. The first-order valence-corrected chi connectivity index (χ1v) is 10.3. The van der Waals surface area contributed by atoms with Crippen LogP contribution in [0.25, 0.3) is 27.8 Å². The third kappa shape index (κ3) is 2.94. The molecular weight excluding hydrogens is 422 g/mol. The summed E-state index contributed by atoms with van der Waals surface area (Å²) in [7, 11) is 0. The Kier molecular flexibility index (Phi) is 4.21. The van der Waals surface area contributed by atoms with Crippen LogP contribution in [-0.2, 0) is 4.79 Å². The Morgan fingerprint density at radius 3 is 2.93 bits per heavy atom. The van der Waals surface area contributed by atoms with E-state index in [0.29, 0.717) is 32.7 Å². The molecule has 0 aliphatic heterocycles. The van der Waals surface area contributed by atoms with Gasteiger partial charge in [0, 0.05) is 17.1 Å². The third-order valence-corrected chi connectivity index (χ3v) is 6.00. The fourth-order valence-electron chi connectivity index (χ4n) is 3.27. The number of carbonyl (C=O) groups is 1. The number of H-pyrrole nitrogens is 1. The lowest BCUT2D eigenvalue weighted by Gasteiger charge is -2.10. The number of halogens is 3. The van der Waals surface area contributed by atoms with Gasteiger partial charge in [0.2, 0.25) is 5.91 Å². The minimum atomic E-state index is -1.08. The maximum Gasteiger partial charge on any atom is 0.231 e. The molecule has 7 nitrogen and oxygen atoms in total. The van der Waals surface area contributed by atoms with E-state index in [0.717, 1.165) is 0 Å². The lowest BCUT2D eigenvalue weighted by molar-refractivity contribution is -0.117. The number of benzene rings is 1. The number of nitrogens with zero attached hydrogens (tertiary/aromatic N) is 4. The number of nitrogens with one attached hydrogen (secondary N) is 2. The number of hydrogen-bond acceptors (Lipinski definition) is 5. The molecule has 4 aromatic rings. The average molecular weight is 435 g/mol. The van der Waals surface area contributed by atoms with Crippen molar-refractivity contribution in [2.45, 2.75) is 17.5 Å². The van der Waals surface area contributed by atoms with Gasteiger partial charge in [-0.15, -0.1) is 11.8 Å². The molecule has 0 saturated heterocycles. The normalized spacial score (nSPS) is 18.5. The standard InChI is InChI=1S/C18H13ClF2N6OS/c1-29-17-15(21)14(19)13(8-3-23-26-16(8)17)10-5-27-6-11(24-12(27)4-22-10)25-18(28)7-2-9(7)20/h3-7,9H,2H2,1H3,(H,23,26)(H,25,28). The average Bonchev–Trinajstić information content (AvgIpc) is 3.08. The smallest absolute Gasteiger partial charge is 0.231 e. The molecule has 1 aliphatic carbocycles. The van der Waals surface area contributed by atoms with Crippen LogP contribution >= 0.6 is 23.4 Å². The molecule has 1 fully saturated rings. The van der Waals surface area contributed by atoms with Gasteiger partial charge in [0.25, 0.3) is 0 Å². The van der Waals surface area contributed by atoms with E-state index in [4.69, 9.17) is 11.6 Å². The van der Waals surface area contributed by atoms with Crippen LogP contribution in [0.1, 0.15) is 6.42 Å². The highest BCUT2D eigenvalue weighted by atomic mass is 35.5. The molecule has 3 heterocycles. The Morgan fingerprint density at radius 2 is 2.21 bits per heavy atom. The first kappa shape index (κ1) is 18.3. The number of rotatable bonds is 4. The quantitative estimate of drug-likeness (QED) is 0.472. The van der Waals surface area contributed by atoms with E-state index in [1.54, 1.807) is 29.2 Å². The van der Waals surface area contributed by atoms with Gasteiger partial charge in [-0.05, 0) is 12.7 Å². The summed E-state index contributed by atoms with van der Waals surface area (Å²) in [4.78, 5) is 20.9. The van der Waals surface area contributed by atoms with Gasteiger partial charge >= 0.3 is 0 Å². The predicted octanol–water partition coefficient (Wildman–Crippen LogP) is 4.08. The van der Waals surface area contributed by atoms with Gasteiger partial charge in [-0.25, -0.2) is 13.8 Å². The fraction of sp³-hybridized carbons (Fsp3) is 0.222. The molecule has 3 aromatic heterocycles. The summed E-state index contributed by atoms with van der Waals surface area (Å²) in [5.74, 6) is -1.26. The summed E-state index contributed by atoms with van der Waals surface area (Å²) >= 11 is 7.57. The SMILES string of the molecule is CSc1c(F)c(Cl)c(-c2cn3cc(NC(=O)C4CC4F)nc3cn2)c2cn[nH]c12. The van der Waals surface area contributed by atoms with Crippen LogP contribution in [0.2, 0.25) is 5.02 Å². The largest absolute Gasteiger partial charge is 0.309 e. The van der Waals surface area contributed by atoms with Crippen LogP contribution in [0.5, 0.6) is 0 Å². The maximum atomic E-state index is 14.8. The van der Waals surface area contributed by atoms with Crippen molar-refractivity contribution >= 4 is 51.6 Å². The van der Waals surface area contributed by atoms with E-state index in [-0.39, 0.29) is 17.3 Å². The zero-order valence-electron chi connectivity index (χ0n) is 14.9. The van der Waals surface area contributed by atoms with E-state index in [2.05, 4.69) is 25.5 Å². The first-order valence-electron chi connectivity index (χ1n) is 8.66. The number of thioether (sulfide) groups is 1. The molecule has 29 heavy (non-hydrogen) atoms. The third-order valence-electron chi connectivity index (χ3n) is 4.85. The highest BCUT2D eigenvalue weighted by molar-refractivity contribution is 7.98. The van der Waals surface area contributed by atoms with E-state index < -0.39 is 23.8 Å². The summed E-state index contributed by atoms with van der Waals surface area (Å²) in [6.45, 7) is 0. The summed E-state index contributed by atoms with van der Waals surface area (Å²) < 4.78 is 29.5. The van der Waals surface area contributed by atoms with Crippen molar-refractivity contribution in [3.05, 3.63) is 35.6 Å². The number of alkyl halides is 1. The monoisotopic (exact) mass is 434 g/mol. The van der Waals surface area contributed by atoms with E-state index >= 15 is 0 Å². The second-order valence-corrected chi connectivity index (χ2v) is 7.90. The zero-order chi connectivity index (χ0) is 20.3. The van der Waals surface area contributed by atoms with Gasteiger partial charge in [-0.3, -0.25) is 14.9 Å². The van der Waals surface area contributed by atoms with Crippen LogP contribution in [0.4, 0.5) is 14.6 Å². The van der Waals surface area contributed by atoms with Gasteiger partial charge in [-0.1, -0.05) is 11.6 Å². The van der Waals surface area contributed by atoms with Crippen molar-refractivity contribution < 1.29 is 13.6 Å². The van der Waals surface area contributed by atoms with Gasteiger partial charge in [0.15, 0.2) is 17.3 Å². The van der Waals surface area contributed by atoms with E-state index in [1.807, 2.05) is 0 Å². The molecule has 1 amide bonds. The van der Waals surface area contributed by atoms with E-state index in [1.165, 1.54) is 18.0 Å². The Labute approximate surface area is 171 Å². The fourth-order valence-corrected chi connectivity index (χ4v) is 4.26. The van der Waals surface area contributed by atoms with Gasteiger partial charge in [0.05, 0.1) is 45.6 Å². The summed E-state index contributed by atoms with van der Waals surface area (Å²) in [6, 6.07) is 0. The number of hydrogen-bond donors (Lipinski definition) is 2. The highest BCUT2D eigenvalue weighted by Gasteiger charge is 2.43. The summed E-state index contributed by atoms with van der Waals surface area (Å²) in [6.07, 6.45) is 7.20. The van der Waals surface area contributed by atoms with Gasteiger partial charge < -0.3 is 9.72 Å². The number of anilines is 1. The van der Waals surface area contributed by atoms with Crippen LogP contribution < -0.4 is 5.32 Å². The number of aromatic amines is 1. The molecule has 1 aromatic carbocycles. The number of amides is 1.